The van der Waals surface area contributed by atoms with Gasteiger partial charge in [0, 0.05) is 32.0 Å². The molecule has 8 nitrogen and oxygen atoms in total. The first kappa shape index (κ1) is 16.7. The van der Waals surface area contributed by atoms with Gasteiger partial charge in [-0.25, -0.2) is 4.98 Å². The Bertz CT molecular complexity index is 893. The van der Waals surface area contributed by atoms with E-state index in [4.69, 9.17) is 14.5 Å². The molecule has 0 amide bonds. The van der Waals surface area contributed by atoms with Gasteiger partial charge in [0.1, 0.15) is 12.2 Å². The molecule has 0 unspecified atom stereocenters. The first-order chi connectivity index (χ1) is 13.3. The molecule has 2 fully saturated rings. The van der Waals surface area contributed by atoms with E-state index in [0.29, 0.717) is 19.8 Å². The van der Waals surface area contributed by atoms with Crippen molar-refractivity contribution in [3.8, 4) is 0 Å². The van der Waals surface area contributed by atoms with E-state index >= 15 is 0 Å². The summed E-state index contributed by atoms with van der Waals surface area (Å²) >= 11 is 0. The van der Waals surface area contributed by atoms with Crippen molar-refractivity contribution in [1.82, 2.24) is 19.3 Å². The van der Waals surface area contributed by atoms with Gasteiger partial charge >= 0.3 is 0 Å². The van der Waals surface area contributed by atoms with Gasteiger partial charge in [-0.1, -0.05) is 12.1 Å². The Hall–Kier alpha value is -2.42. The Labute approximate surface area is 156 Å². The number of ether oxygens (including phenoxy) is 2. The monoisotopic (exact) mass is 369 g/mol. The van der Waals surface area contributed by atoms with E-state index in [1.165, 1.54) is 0 Å². The molecule has 8 heteroatoms. The van der Waals surface area contributed by atoms with Gasteiger partial charge in [0.15, 0.2) is 0 Å². The van der Waals surface area contributed by atoms with E-state index in [2.05, 4.69) is 14.6 Å². The molecule has 0 spiro atoms. The topological polar surface area (TPSA) is 77.6 Å². The van der Waals surface area contributed by atoms with Crippen molar-refractivity contribution < 1.29 is 14.6 Å². The average Bonchev–Trinajstić information content (AvgIpc) is 3.40. The second-order valence-electron chi connectivity index (χ2n) is 7.06. The summed E-state index contributed by atoms with van der Waals surface area (Å²) in [5, 5.41) is 13.8. The highest BCUT2D eigenvalue weighted by atomic mass is 16.6. The zero-order chi connectivity index (χ0) is 18.2. The van der Waals surface area contributed by atoms with Crippen LogP contribution in [0.5, 0.6) is 0 Å². The van der Waals surface area contributed by atoms with E-state index in [9.17, 15) is 5.11 Å². The number of benzene rings is 1. The minimum Gasteiger partial charge on any atom is -0.395 e. The van der Waals surface area contributed by atoms with Crippen LogP contribution >= 0.6 is 0 Å². The van der Waals surface area contributed by atoms with Crippen molar-refractivity contribution in [1.29, 1.82) is 0 Å². The van der Waals surface area contributed by atoms with Gasteiger partial charge in [-0.2, -0.15) is 5.10 Å². The van der Waals surface area contributed by atoms with Gasteiger partial charge in [0.05, 0.1) is 36.9 Å². The number of fused-ring (bicyclic) bond motifs is 2. The molecule has 1 aromatic carbocycles. The Balaban J connectivity index is 1.36. The molecule has 1 N–H and O–H groups in total. The number of hydrogen-bond acceptors (Lipinski definition) is 6. The summed E-state index contributed by atoms with van der Waals surface area (Å²) in [6, 6.07) is 10.0. The van der Waals surface area contributed by atoms with Crippen molar-refractivity contribution in [3.05, 3.63) is 42.7 Å². The second-order valence-corrected chi connectivity index (χ2v) is 7.06. The lowest BCUT2D eigenvalue weighted by atomic mass is 10.3. The molecular formula is C19H23N5O3. The van der Waals surface area contributed by atoms with Crippen molar-refractivity contribution >= 4 is 17.0 Å². The maximum Gasteiger partial charge on any atom is 0.206 e. The second kappa shape index (κ2) is 6.95. The van der Waals surface area contributed by atoms with Crippen LogP contribution in [0, 0.1) is 0 Å². The molecule has 2 aromatic heterocycles. The van der Waals surface area contributed by atoms with Crippen LogP contribution in [0.4, 0.5) is 5.95 Å². The zero-order valence-electron chi connectivity index (χ0n) is 15.0. The maximum atomic E-state index is 9.50. The molecule has 2 saturated heterocycles. The summed E-state index contributed by atoms with van der Waals surface area (Å²) in [4.78, 5) is 7.01. The summed E-state index contributed by atoms with van der Waals surface area (Å²) in [6.07, 6.45) is 3.74. The Morgan fingerprint density at radius 2 is 1.85 bits per heavy atom. The van der Waals surface area contributed by atoms with Gasteiger partial charge in [0.2, 0.25) is 5.95 Å². The molecule has 0 aliphatic carbocycles. The first-order valence-corrected chi connectivity index (χ1v) is 9.37. The lowest BCUT2D eigenvalue weighted by molar-refractivity contribution is -0.00461. The van der Waals surface area contributed by atoms with Crippen LogP contribution in [0.2, 0.25) is 0 Å². The minimum absolute atomic E-state index is 0.00736. The quantitative estimate of drug-likeness (QED) is 0.741. The van der Waals surface area contributed by atoms with E-state index in [1.54, 1.807) is 6.20 Å². The van der Waals surface area contributed by atoms with Crippen molar-refractivity contribution in [2.45, 2.75) is 24.8 Å². The lowest BCUT2D eigenvalue weighted by Gasteiger charge is -2.20. The fourth-order valence-corrected chi connectivity index (χ4v) is 4.02. The van der Waals surface area contributed by atoms with Crippen LogP contribution in [0.15, 0.2) is 42.7 Å². The van der Waals surface area contributed by atoms with Crippen molar-refractivity contribution in [2.24, 2.45) is 0 Å². The average molecular weight is 369 g/mol. The normalized spacial score (nSPS) is 23.7. The molecule has 3 aromatic rings. The third kappa shape index (κ3) is 2.99. The van der Waals surface area contributed by atoms with E-state index in [1.807, 2.05) is 41.2 Å². The van der Waals surface area contributed by atoms with Crippen LogP contribution in [0.3, 0.4) is 0 Å². The predicted molar refractivity (Wildman–Crippen MR) is 99.8 cm³/mol. The van der Waals surface area contributed by atoms with Crippen molar-refractivity contribution in [2.75, 3.05) is 37.8 Å². The summed E-state index contributed by atoms with van der Waals surface area (Å²) in [6.45, 7) is 3.22. The van der Waals surface area contributed by atoms with Crippen LogP contribution < -0.4 is 4.90 Å². The van der Waals surface area contributed by atoms with E-state index in [0.717, 1.165) is 30.1 Å². The van der Waals surface area contributed by atoms with Crippen LogP contribution in [-0.4, -0.2) is 69.6 Å². The molecule has 2 atom stereocenters. The van der Waals surface area contributed by atoms with Crippen molar-refractivity contribution in [3.63, 3.8) is 0 Å². The number of hydrogen-bond donors (Lipinski definition) is 1. The Morgan fingerprint density at radius 3 is 2.56 bits per heavy atom. The standard InChI is InChI=1S/C19H23N5O3/c25-9-8-23-16-5-2-1-4-15(16)21-19(23)22-10-17-18(11-22)27-13-14(12-26-17)24-7-3-6-20-24/h1-7,14,17-18,25H,8-13H2/t17-,18-/m0/s1. The van der Waals surface area contributed by atoms with Crippen LogP contribution in [-0.2, 0) is 16.0 Å². The highest BCUT2D eigenvalue weighted by Crippen LogP contribution is 2.29. The highest BCUT2D eigenvalue weighted by molar-refractivity contribution is 5.79. The number of aromatic nitrogens is 4. The van der Waals surface area contributed by atoms with Gasteiger partial charge in [0.25, 0.3) is 0 Å². The summed E-state index contributed by atoms with van der Waals surface area (Å²) in [5.74, 6) is 0.870. The van der Waals surface area contributed by atoms with E-state index in [-0.39, 0.29) is 24.9 Å². The minimum atomic E-state index is 0.00736. The SMILES string of the molecule is OCCn1c(N2C[C@@H]3OCC(n4cccn4)CO[C@H]3C2)nc2ccccc21. The van der Waals surface area contributed by atoms with Gasteiger partial charge in [-0.05, 0) is 18.2 Å². The Morgan fingerprint density at radius 1 is 1.07 bits per heavy atom. The number of rotatable bonds is 4. The number of nitrogens with zero attached hydrogens (tertiary/aromatic N) is 5. The first-order valence-electron chi connectivity index (χ1n) is 9.37. The number of aliphatic hydroxyl groups excluding tert-OH is 1. The number of para-hydroxylation sites is 2. The number of imidazole rings is 1. The molecule has 4 heterocycles. The van der Waals surface area contributed by atoms with Gasteiger partial charge in [-0.15, -0.1) is 0 Å². The fraction of sp³-hybridized carbons (Fsp3) is 0.474. The molecule has 0 bridgehead atoms. The summed E-state index contributed by atoms with van der Waals surface area (Å²) in [7, 11) is 0. The lowest BCUT2D eigenvalue weighted by Crippen LogP contribution is -2.28. The molecule has 0 radical (unpaired) electrons. The fourth-order valence-electron chi connectivity index (χ4n) is 4.02. The number of aliphatic hydroxyl groups is 1. The predicted octanol–water partition coefficient (Wildman–Crippen LogP) is 1.07. The molecular weight excluding hydrogens is 346 g/mol. The molecule has 142 valence electrons. The van der Waals surface area contributed by atoms with Crippen LogP contribution in [0.25, 0.3) is 11.0 Å². The molecule has 5 rings (SSSR count). The molecule has 0 saturated carbocycles. The maximum absolute atomic E-state index is 9.50. The zero-order valence-corrected chi connectivity index (χ0v) is 15.0. The summed E-state index contributed by atoms with van der Waals surface area (Å²) in [5.41, 5.74) is 1.97. The van der Waals surface area contributed by atoms with Gasteiger partial charge < -0.3 is 24.0 Å². The van der Waals surface area contributed by atoms with Crippen LogP contribution in [0.1, 0.15) is 6.04 Å². The smallest absolute Gasteiger partial charge is 0.206 e. The third-order valence-corrected chi connectivity index (χ3v) is 5.36. The third-order valence-electron chi connectivity index (χ3n) is 5.36. The Kier molecular flexibility index (Phi) is 4.31. The summed E-state index contributed by atoms with van der Waals surface area (Å²) < 4.78 is 16.3. The van der Waals surface area contributed by atoms with E-state index < -0.39 is 0 Å². The largest absolute Gasteiger partial charge is 0.395 e. The molecule has 2 aliphatic heterocycles. The van der Waals surface area contributed by atoms with Gasteiger partial charge in [-0.3, -0.25) is 4.68 Å². The molecule has 2 aliphatic rings. The number of anilines is 1. The molecule has 27 heavy (non-hydrogen) atoms. The highest BCUT2D eigenvalue weighted by Gasteiger charge is 2.39.